The standard InChI is InChI=1S/C11H16F2N2O/c1-4-5-14-10-8(12)6-9(13)11(15-10)16-7(2)3/h6-7H,4-5H2,1-3H3,(H,14,15). The number of halogens is 2. The molecule has 1 aromatic heterocycles. The number of pyridine rings is 1. The molecule has 0 fully saturated rings. The molecule has 1 rings (SSSR count). The van der Waals surface area contributed by atoms with E-state index in [0.29, 0.717) is 6.54 Å². The fourth-order valence-electron chi connectivity index (χ4n) is 1.12. The number of aromatic nitrogens is 1. The molecule has 0 radical (unpaired) electrons. The zero-order chi connectivity index (χ0) is 12.1. The lowest BCUT2D eigenvalue weighted by Crippen LogP contribution is -2.11. The van der Waals surface area contributed by atoms with Crippen LogP contribution in [0.4, 0.5) is 14.6 Å². The van der Waals surface area contributed by atoms with Gasteiger partial charge in [-0.3, -0.25) is 0 Å². The molecule has 0 saturated carbocycles. The number of anilines is 1. The fourth-order valence-corrected chi connectivity index (χ4v) is 1.12. The van der Waals surface area contributed by atoms with Crippen molar-refractivity contribution in [3.63, 3.8) is 0 Å². The van der Waals surface area contributed by atoms with E-state index in [-0.39, 0.29) is 17.8 Å². The highest BCUT2D eigenvalue weighted by molar-refractivity contribution is 5.39. The van der Waals surface area contributed by atoms with E-state index in [1.54, 1.807) is 13.8 Å². The van der Waals surface area contributed by atoms with Gasteiger partial charge in [-0.1, -0.05) is 6.92 Å². The summed E-state index contributed by atoms with van der Waals surface area (Å²) >= 11 is 0. The van der Waals surface area contributed by atoms with Crippen LogP contribution in [0.2, 0.25) is 0 Å². The molecule has 0 aliphatic carbocycles. The second kappa shape index (κ2) is 5.63. The zero-order valence-corrected chi connectivity index (χ0v) is 9.68. The molecule has 3 nitrogen and oxygen atoms in total. The fraction of sp³-hybridized carbons (Fsp3) is 0.545. The Kier molecular flexibility index (Phi) is 4.46. The molecule has 1 N–H and O–H groups in total. The number of nitrogens with zero attached hydrogens (tertiary/aromatic N) is 1. The van der Waals surface area contributed by atoms with Gasteiger partial charge in [0.1, 0.15) is 0 Å². The molecule has 0 aromatic carbocycles. The minimum atomic E-state index is -0.784. The van der Waals surface area contributed by atoms with E-state index in [4.69, 9.17) is 4.74 Å². The Labute approximate surface area is 93.8 Å². The highest BCUT2D eigenvalue weighted by Crippen LogP contribution is 2.21. The Morgan fingerprint density at radius 2 is 2.06 bits per heavy atom. The highest BCUT2D eigenvalue weighted by Gasteiger charge is 2.13. The molecule has 0 bridgehead atoms. The van der Waals surface area contributed by atoms with Gasteiger partial charge in [0, 0.05) is 12.6 Å². The van der Waals surface area contributed by atoms with E-state index < -0.39 is 11.6 Å². The smallest absolute Gasteiger partial charge is 0.252 e. The van der Waals surface area contributed by atoms with Crippen LogP contribution in [0.3, 0.4) is 0 Å². The maximum absolute atomic E-state index is 13.3. The Morgan fingerprint density at radius 3 is 2.62 bits per heavy atom. The van der Waals surface area contributed by atoms with Gasteiger partial charge in [0.15, 0.2) is 17.5 Å². The third-order valence-electron chi connectivity index (χ3n) is 1.79. The van der Waals surface area contributed by atoms with Crippen molar-refractivity contribution in [1.29, 1.82) is 0 Å². The number of hydrogen-bond acceptors (Lipinski definition) is 3. The molecule has 0 amide bonds. The van der Waals surface area contributed by atoms with Crippen molar-refractivity contribution in [2.24, 2.45) is 0 Å². The lowest BCUT2D eigenvalue weighted by molar-refractivity contribution is 0.220. The van der Waals surface area contributed by atoms with Crippen LogP contribution in [-0.2, 0) is 0 Å². The predicted molar refractivity (Wildman–Crippen MR) is 58.7 cm³/mol. The van der Waals surface area contributed by atoms with Gasteiger partial charge in [-0.25, -0.2) is 8.78 Å². The molecule has 0 spiro atoms. The summed E-state index contributed by atoms with van der Waals surface area (Å²) in [4.78, 5) is 3.77. The van der Waals surface area contributed by atoms with Gasteiger partial charge < -0.3 is 10.1 Å². The Bertz CT molecular complexity index is 356. The van der Waals surface area contributed by atoms with Crippen molar-refractivity contribution < 1.29 is 13.5 Å². The average Bonchev–Trinajstić information content (AvgIpc) is 2.20. The first-order valence-electron chi connectivity index (χ1n) is 5.31. The summed E-state index contributed by atoms with van der Waals surface area (Å²) < 4.78 is 31.7. The van der Waals surface area contributed by atoms with E-state index in [9.17, 15) is 8.78 Å². The van der Waals surface area contributed by atoms with E-state index in [2.05, 4.69) is 10.3 Å². The molecular weight excluding hydrogens is 214 g/mol. The van der Waals surface area contributed by atoms with E-state index in [0.717, 1.165) is 12.5 Å². The van der Waals surface area contributed by atoms with Crippen molar-refractivity contribution in [3.05, 3.63) is 17.7 Å². The summed E-state index contributed by atoms with van der Waals surface area (Å²) in [5.74, 6) is -1.63. The minimum absolute atomic E-state index is 0.0268. The number of nitrogens with one attached hydrogen (secondary N) is 1. The molecule has 0 atom stereocenters. The quantitative estimate of drug-likeness (QED) is 0.844. The molecule has 16 heavy (non-hydrogen) atoms. The van der Waals surface area contributed by atoms with Crippen LogP contribution in [0.15, 0.2) is 6.07 Å². The van der Waals surface area contributed by atoms with Crippen LogP contribution in [0.1, 0.15) is 27.2 Å². The minimum Gasteiger partial charge on any atom is -0.473 e. The normalized spacial score (nSPS) is 10.6. The van der Waals surface area contributed by atoms with Crippen LogP contribution in [-0.4, -0.2) is 17.6 Å². The first-order chi connectivity index (χ1) is 7.54. The largest absolute Gasteiger partial charge is 0.473 e. The van der Waals surface area contributed by atoms with Crippen LogP contribution < -0.4 is 10.1 Å². The molecule has 0 aliphatic rings. The van der Waals surface area contributed by atoms with Gasteiger partial charge in [-0.05, 0) is 20.3 Å². The SMILES string of the molecule is CCCNc1nc(OC(C)C)c(F)cc1F. The Balaban J connectivity index is 2.92. The van der Waals surface area contributed by atoms with Crippen molar-refractivity contribution in [2.45, 2.75) is 33.3 Å². The molecule has 0 aliphatic heterocycles. The topological polar surface area (TPSA) is 34.2 Å². The lowest BCUT2D eigenvalue weighted by atomic mass is 10.4. The first-order valence-corrected chi connectivity index (χ1v) is 5.31. The summed E-state index contributed by atoms with van der Waals surface area (Å²) in [6.45, 7) is 6.03. The second-order valence-corrected chi connectivity index (χ2v) is 3.70. The summed E-state index contributed by atoms with van der Waals surface area (Å²) in [7, 11) is 0. The van der Waals surface area contributed by atoms with Crippen molar-refractivity contribution in [2.75, 3.05) is 11.9 Å². The van der Waals surface area contributed by atoms with Crippen LogP contribution in [0.25, 0.3) is 0 Å². The second-order valence-electron chi connectivity index (χ2n) is 3.70. The zero-order valence-electron chi connectivity index (χ0n) is 9.68. The van der Waals surface area contributed by atoms with E-state index in [1.165, 1.54) is 0 Å². The number of hydrogen-bond donors (Lipinski definition) is 1. The number of ether oxygens (including phenoxy) is 1. The molecule has 1 heterocycles. The van der Waals surface area contributed by atoms with E-state index >= 15 is 0 Å². The third kappa shape index (κ3) is 3.32. The summed E-state index contributed by atoms with van der Waals surface area (Å²) in [6, 6.07) is 0.780. The molecule has 5 heteroatoms. The summed E-state index contributed by atoms with van der Waals surface area (Å²) in [5, 5.41) is 2.77. The van der Waals surface area contributed by atoms with Crippen LogP contribution in [0.5, 0.6) is 5.88 Å². The van der Waals surface area contributed by atoms with Gasteiger partial charge in [-0.15, -0.1) is 0 Å². The van der Waals surface area contributed by atoms with Gasteiger partial charge in [0.2, 0.25) is 0 Å². The third-order valence-corrected chi connectivity index (χ3v) is 1.79. The first kappa shape index (κ1) is 12.7. The van der Waals surface area contributed by atoms with Gasteiger partial charge in [-0.2, -0.15) is 4.98 Å². The monoisotopic (exact) mass is 230 g/mol. The van der Waals surface area contributed by atoms with Crippen molar-refractivity contribution in [3.8, 4) is 5.88 Å². The maximum Gasteiger partial charge on any atom is 0.252 e. The van der Waals surface area contributed by atoms with Crippen molar-refractivity contribution >= 4 is 5.82 Å². The maximum atomic E-state index is 13.3. The molecule has 1 aromatic rings. The molecule has 90 valence electrons. The summed E-state index contributed by atoms with van der Waals surface area (Å²) in [5.41, 5.74) is 0. The highest BCUT2D eigenvalue weighted by atomic mass is 19.1. The average molecular weight is 230 g/mol. The molecule has 0 unspecified atom stereocenters. The van der Waals surface area contributed by atoms with Gasteiger partial charge in [0.25, 0.3) is 5.88 Å². The predicted octanol–water partition coefficient (Wildman–Crippen LogP) is 2.97. The van der Waals surface area contributed by atoms with Crippen LogP contribution in [0, 0.1) is 11.6 Å². The van der Waals surface area contributed by atoms with Gasteiger partial charge in [0.05, 0.1) is 6.10 Å². The summed E-state index contributed by atoms with van der Waals surface area (Å²) in [6.07, 6.45) is 0.630. The molecular formula is C11H16F2N2O. The van der Waals surface area contributed by atoms with Gasteiger partial charge >= 0.3 is 0 Å². The lowest BCUT2D eigenvalue weighted by Gasteiger charge is -2.12. The number of rotatable bonds is 5. The van der Waals surface area contributed by atoms with Crippen LogP contribution >= 0.6 is 0 Å². The Morgan fingerprint density at radius 1 is 1.38 bits per heavy atom. The van der Waals surface area contributed by atoms with Crippen molar-refractivity contribution in [1.82, 2.24) is 4.98 Å². The molecule has 0 saturated heterocycles. The Hall–Kier alpha value is -1.39. The van der Waals surface area contributed by atoms with E-state index in [1.807, 2.05) is 6.92 Å².